The zero-order chi connectivity index (χ0) is 14.5. The van der Waals surface area contributed by atoms with E-state index in [4.69, 9.17) is 0 Å². The highest BCUT2D eigenvalue weighted by atomic mass is 15.3. The highest BCUT2D eigenvalue weighted by Gasteiger charge is 2.26. The van der Waals surface area contributed by atoms with Crippen LogP contribution in [0.5, 0.6) is 0 Å². The van der Waals surface area contributed by atoms with Gasteiger partial charge in [0, 0.05) is 26.2 Å². The van der Waals surface area contributed by atoms with Crippen LogP contribution in [0.3, 0.4) is 0 Å². The van der Waals surface area contributed by atoms with E-state index in [1.54, 1.807) is 0 Å². The van der Waals surface area contributed by atoms with Gasteiger partial charge in [0.25, 0.3) is 0 Å². The number of likely N-dealkylation sites (N-methyl/N-ethyl adjacent to an activating group) is 1. The van der Waals surface area contributed by atoms with Gasteiger partial charge in [-0.25, -0.2) is 0 Å². The van der Waals surface area contributed by atoms with Gasteiger partial charge in [0.2, 0.25) is 0 Å². The standard InChI is InChI=1S/C17H29N3/c1-5-10-18-13-14(2)15(3)20-12-11-19(4)16-8-6-7-9-17(16)20/h6-9,14-15,18H,5,10-13H2,1-4H3. The van der Waals surface area contributed by atoms with Crippen LogP contribution in [-0.2, 0) is 0 Å². The highest BCUT2D eigenvalue weighted by molar-refractivity contribution is 5.73. The van der Waals surface area contributed by atoms with Crippen LogP contribution < -0.4 is 15.1 Å². The van der Waals surface area contributed by atoms with Gasteiger partial charge < -0.3 is 15.1 Å². The van der Waals surface area contributed by atoms with Crippen LogP contribution in [-0.4, -0.2) is 39.3 Å². The summed E-state index contributed by atoms with van der Waals surface area (Å²) in [5.41, 5.74) is 2.75. The molecule has 1 N–H and O–H groups in total. The highest BCUT2D eigenvalue weighted by Crippen LogP contribution is 2.34. The van der Waals surface area contributed by atoms with Crippen molar-refractivity contribution in [2.24, 2.45) is 5.92 Å². The molecule has 0 saturated heterocycles. The van der Waals surface area contributed by atoms with Crippen molar-refractivity contribution in [3.8, 4) is 0 Å². The number of rotatable bonds is 6. The Labute approximate surface area is 124 Å². The Balaban J connectivity index is 2.07. The molecule has 2 rings (SSSR count). The Kier molecular flexibility index (Phi) is 5.30. The fourth-order valence-corrected chi connectivity index (χ4v) is 2.94. The molecule has 3 heteroatoms. The van der Waals surface area contributed by atoms with E-state index in [1.807, 2.05) is 0 Å². The van der Waals surface area contributed by atoms with E-state index >= 15 is 0 Å². The minimum Gasteiger partial charge on any atom is -0.371 e. The first-order chi connectivity index (χ1) is 9.65. The number of hydrogen-bond acceptors (Lipinski definition) is 3. The SMILES string of the molecule is CCCNCC(C)C(C)N1CCN(C)c2ccccc21. The summed E-state index contributed by atoms with van der Waals surface area (Å²) >= 11 is 0. The monoisotopic (exact) mass is 275 g/mol. The second-order valence-corrected chi connectivity index (χ2v) is 6.03. The van der Waals surface area contributed by atoms with Crippen molar-refractivity contribution in [1.29, 1.82) is 0 Å². The van der Waals surface area contributed by atoms with Crippen LogP contribution in [0.2, 0.25) is 0 Å². The van der Waals surface area contributed by atoms with Crippen molar-refractivity contribution in [1.82, 2.24) is 5.32 Å². The van der Waals surface area contributed by atoms with Gasteiger partial charge in [-0.2, -0.15) is 0 Å². The molecule has 1 aliphatic rings. The van der Waals surface area contributed by atoms with Gasteiger partial charge in [0.05, 0.1) is 11.4 Å². The molecule has 0 radical (unpaired) electrons. The molecule has 1 aliphatic heterocycles. The first-order valence-corrected chi connectivity index (χ1v) is 7.92. The third kappa shape index (κ3) is 3.26. The number of fused-ring (bicyclic) bond motifs is 1. The molecule has 112 valence electrons. The Bertz CT molecular complexity index is 418. The lowest BCUT2D eigenvalue weighted by atomic mass is 9.99. The fraction of sp³-hybridized carbons (Fsp3) is 0.647. The maximum atomic E-state index is 3.55. The van der Waals surface area contributed by atoms with Gasteiger partial charge >= 0.3 is 0 Å². The van der Waals surface area contributed by atoms with E-state index in [1.165, 1.54) is 17.8 Å². The van der Waals surface area contributed by atoms with Crippen LogP contribution >= 0.6 is 0 Å². The summed E-state index contributed by atoms with van der Waals surface area (Å²) in [6, 6.07) is 9.34. The topological polar surface area (TPSA) is 18.5 Å². The molecule has 1 heterocycles. The maximum Gasteiger partial charge on any atom is 0.0607 e. The average Bonchev–Trinajstić information content (AvgIpc) is 2.47. The van der Waals surface area contributed by atoms with Gasteiger partial charge in [0.15, 0.2) is 0 Å². The zero-order valence-corrected chi connectivity index (χ0v) is 13.4. The summed E-state index contributed by atoms with van der Waals surface area (Å²) in [5.74, 6) is 0.651. The summed E-state index contributed by atoms with van der Waals surface area (Å²) in [7, 11) is 2.19. The molecule has 2 atom stereocenters. The van der Waals surface area contributed by atoms with Crippen molar-refractivity contribution in [3.63, 3.8) is 0 Å². The smallest absolute Gasteiger partial charge is 0.0607 e. The number of anilines is 2. The zero-order valence-electron chi connectivity index (χ0n) is 13.4. The largest absolute Gasteiger partial charge is 0.371 e. The molecule has 0 bridgehead atoms. The Morgan fingerprint density at radius 2 is 1.85 bits per heavy atom. The lowest BCUT2D eigenvalue weighted by molar-refractivity contribution is 0.419. The first-order valence-electron chi connectivity index (χ1n) is 7.92. The van der Waals surface area contributed by atoms with E-state index in [2.05, 4.69) is 67.2 Å². The molecule has 0 fully saturated rings. The Hall–Kier alpha value is -1.22. The normalized spacial score (nSPS) is 17.8. The third-order valence-electron chi connectivity index (χ3n) is 4.49. The van der Waals surface area contributed by atoms with Gasteiger partial charge in [0.1, 0.15) is 0 Å². The third-order valence-corrected chi connectivity index (χ3v) is 4.49. The molecule has 0 amide bonds. The average molecular weight is 275 g/mol. The van der Waals surface area contributed by atoms with Crippen LogP contribution in [0.1, 0.15) is 27.2 Å². The summed E-state index contributed by atoms with van der Waals surface area (Å²) in [5, 5.41) is 3.55. The maximum absolute atomic E-state index is 3.55. The molecular formula is C17H29N3. The minimum absolute atomic E-state index is 0.564. The van der Waals surface area contributed by atoms with Gasteiger partial charge in [-0.15, -0.1) is 0 Å². The van der Waals surface area contributed by atoms with Crippen LogP contribution in [0.4, 0.5) is 11.4 Å². The van der Waals surface area contributed by atoms with Crippen LogP contribution in [0, 0.1) is 5.92 Å². The van der Waals surface area contributed by atoms with Gasteiger partial charge in [-0.1, -0.05) is 26.0 Å². The molecule has 0 aromatic heterocycles. The van der Waals surface area contributed by atoms with Crippen molar-refractivity contribution in [2.75, 3.05) is 43.0 Å². The van der Waals surface area contributed by atoms with Gasteiger partial charge in [-0.3, -0.25) is 0 Å². The number of nitrogens with one attached hydrogen (secondary N) is 1. The predicted molar refractivity (Wildman–Crippen MR) is 88.8 cm³/mol. The predicted octanol–water partition coefficient (Wildman–Crippen LogP) is 2.97. The molecule has 0 aliphatic carbocycles. The van der Waals surface area contributed by atoms with E-state index in [-0.39, 0.29) is 0 Å². The van der Waals surface area contributed by atoms with E-state index in [0.29, 0.717) is 12.0 Å². The summed E-state index contributed by atoms with van der Waals surface area (Å²) < 4.78 is 0. The molecule has 20 heavy (non-hydrogen) atoms. The fourth-order valence-electron chi connectivity index (χ4n) is 2.94. The summed E-state index contributed by atoms with van der Waals surface area (Å²) in [6.45, 7) is 11.4. The second kappa shape index (κ2) is 6.98. The molecule has 1 aromatic carbocycles. The first kappa shape index (κ1) is 15.2. The molecule has 0 spiro atoms. The number of nitrogens with zero attached hydrogens (tertiary/aromatic N) is 2. The van der Waals surface area contributed by atoms with Crippen molar-refractivity contribution < 1.29 is 0 Å². The number of benzene rings is 1. The second-order valence-electron chi connectivity index (χ2n) is 6.03. The summed E-state index contributed by atoms with van der Waals surface area (Å²) in [4.78, 5) is 4.94. The lowest BCUT2D eigenvalue weighted by Crippen LogP contribution is -2.47. The molecular weight excluding hydrogens is 246 g/mol. The minimum atomic E-state index is 0.564. The molecule has 1 aromatic rings. The lowest BCUT2D eigenvalue weighted by Gasteiger charge is -2.42. The van der Waals surface area contributed by atoms with E-state index < -0.39 is 0 Å². The van der Waals surface area contributed by atoms with Crippen molar-refractivity contribution in [2.45, 2.75) is 33.2 Å². The van der Waals surface area contributed by atoms with Crippen LogP contribution in [0.15, 0.2) is 24.3 Å². The van der Waals surface area contributed by atoms with E-state index in [0.717, 1.165) is 26.2 Å². The molecule has 3 nitrogen and oxygen atoms in total. The van der Waals surface area contributed by atoms with Crippen molar-refractivity contribution in [3.05, 3.63) is 24.3 Å². The molecule has 2 unspecified atom stereocenters. The molecule has 0 saturated carbocycles. The van der Waals surface area contributed by atoms with Gasteiger partial charge in [-0.05, 0) is 44.5 Å². The number of para-hydroxylation sites is 2. The Morgan fingerprint density at radius 3 is 2.55 bits per heavy atom. The van der Waals surface area contributed by atoms with Crippen LogP contribution in [0.25, 0.3) is 0 Å². The Morgan fingerprint density at radius 1 is 1.15 bits per heavy atom. The summed E-state index contributed by atoms with van der Waals surface area (Å²) in [6.07, 6.45) is 1.21. The number of hydrogen-bond donors (Lipinski definition) is 1. The van der Waals surface area contributed by atoms with Crippen molar-refractivity contribution >= 4 is 11.4 Å². The quantitative estimate of drug-likeness (QED) is 0.805. The van der Waals surface area contributed by atoms with E-state index in [9.17, 15) is 0 Å².